The van der Waals surface area contributed by atoms with E-state index >= 15 is 0 Å². The fraction of sp³-hybridized carbons (Fsp3) is 0.250. The quantitative estimate of drug-likeness (QED) is 0.340. The van der Waals surface area contributed by atoms with Crippen molar-refractivity contribution in [3.05, 3.63) is 96.3 Å². The van der Waals surface area contributed by atoms with E-state index < -0.39 is 6.09 Å². The molecule has 2 N–H and O–H groups in total. The molecule has 0 saturated heterocycles. The number of aromatic nitrogens is 3. The number of rotatable bonds is 8. The Kier molecular flexibility index (Phi) is 6.33. The average Bonchev–Trinajstić information content (AvgIpc) is 3.39. The molecule has 3 aromatic carbocycles. The van der Waals surface area contributed by atoms with Gasteiger partial charge in [0.1, 0.15) is 23.4 Å². The van der Waals surface area contributed by atoms with Crippen molar-refractivity contribution in [1.82, 2.24) is 20.3 Å². The molecule has 5 rings (SSSR count). The van der Waals surface area contributed by atoms with Crippen LogP contribution >= 0.6 is 0 Å². The lowest BCUT2D eigenvalue weighted by Crippen LogP contribution is -2.48. The molecular formula is C28H28N4O4. The normalized spacial score (nSPS) is 17.2. The molecule has 1 amide bonds. The second kappa shape index (κ2) is 9.73. The van der Waals surface area contributed by atoms with Gasteiger partial charge in [0.25, 0.3) is 0 Å². The monoisotopic (exact) mass is 484 g/mol. The Morgan fingerprint density at radius 3 is 1.89 bits per heavy atom. The van der Waals surface area contributed by atoms with E-state index in [1.807, 2.05) is 48.5 Å². The van der Waals surface area contributed by atoms with Crippen LogP contribution in [-0.4, -0.2) is 38.3 Å². The van der Waals surface area contributed by atoms with Crippen molar-refractivity contribution in [2.75, 3.05) is 0 Å². The van der Waals surface area contributed by atoms with Crippen LogP contribution in [-0.2, 0) is 5.41 Å². The molecule has 1 aliphatic rings. The van der Waals surface area contributed by atoms with Crippen LogP contribution in [0, 0.1) is 0 Å². The van der Waals surface area contributed by atoms with Crippen molar-refractivity contribution in [1.29, 1.82) is 0 Å². The average molecular weight is 485 g/mol. The Morgan fingerprint density at radius 2 is 1.36 bits per heavy atom. The largest absolute Gasteiger partial charge is 0.490 e. The molecule has 8 heteroatoms. The summed E-state index contributed by atoms with van der Waals surface area (Å²) >= 11 is 0. The number of amides is 1. The fourth-order valence-corrected chi connectivity index (χ4v) is 4.34. The second-order valence-corrected chi connectivity index (χ2v) is 9.45. The van der Waals surface area contributed by atoms with Gasteiger partial charge >= 0.3 is 6.09 Å². The smallest absolute Gasteiger partial charge is 0.404 e. The third kappa shape index (κ3) is 5.17. The van der Waals surface area contributed by atoms with E-state index in [1.165, 1.54) is 11.1 Å². The molecule has 0 bridgehead atoms. The lowest BCUT2D eigenvalue weighted by atomic mass is 9.78. The predicted octanol–water partition coefficient (Wildman–Crippen LogP) is 5.56. The standard InChI is InChI=1S/C28H28N4O4/c1-28(2,20-5-11-24(12-6-20)36-26-17-21(18-26)31-27(33)34)19-3-9-23(10-4-19)35-25-13-7-22(8-14-25)32-29-15-16-30-32/h3-16,21,26,31H,17-18H2,1-2H3,(H,33,34)/t21-,26-. The van der Waals surface area contributed by atoms with Gasteiger partial charge in [-0.25, -0.2) is 4.79 Å². The maximum Gasteiger partial charge on any atom is 0.404 e. The van der Waals surface area contributed by atoms with Crippen molar-refractivity contribution in [3.63, 3.8) is 0 Å². The van der Waals surface area contributed by atoms with E-state index in [9.17, 15) is 4.79 Å². The number of carboxylic acid groups (broad SMARTS) is 1. The summed E-state index contributed by atoms with van der Waals surface area (Å²) in [6, 6.07) is 23.9. The highest BCUT2D eigenvalue weighted by atomic mass is 16.5. The van der Waals surface area contributed by atoms with Gasteiger partial charge in [0, 0.05) is 24.3 Å². The predicted molar refractivity (Wildman–Crippen MR) is 135 cm³/mol. The number of ether oxygens (including phenoxy) is 2. The lowest BCUT2D eigenvalue weighted by molar-refractivity contribution is 0.0833. The topological polar surface area (TPSA) is 98.5 Å². The van der Waals surface area contributed by atoms with Crippen molar-refractivity contribution < 1.29 is 19.4 Å². The fourth-order valence-electron chi connectivity index (χ4n) is 4.34. The molecule has 0 spiro atoms. The van der Waals surface area contributed by atoms with Crippen LogP contribution in [0.4, 0.5) is 4.79 Å². The first-order valence-electron chi connectivity index (χ1n) is 11.9. The van der Waals surface area contributed by atoms with E-state index in [1.54, 1.807) is 17.2 Å². The summed E-state index contributed by atoms with van der Waals surface area (Å²) in [5, 5.41) is 19.5. The summed E-state index contributed by atoms with van der Waals surface area (Å²) in [5.74, 6) is 2.30. The first-order chi connectivity index (χ1) is 17.4. The molecule has 8 nitrogen and oxygen atoms in total. The molecular weight excluding hydrogens is 456 g/mol. The zero-order chi connectivity index (χ0) is 25.1. The molecule has 1 fully saturated rings. The minimum Gasteiger partial charge on any atom is -0.490 e. The summed E-state index contributed by atoms with van der Waals surface area (Å²) in [6.07, 6.45) is 3.74. The van der Waals surface area contributed by atoms with Crippen molar-refractivity contribution in [2.45, 2.75) is 44.2 Å². The van der Waals surface area contributed by atoms with Gasteiger partial charge in [0.15, 0.2) is 0 Å². The van der Waals surface area contributed by atoms with Gasteiger partial charge in [-0.1, -0.05) is 38.1 Å². The molecule has 0 radical (unpaired) electrons. The van der Waals surface area contributed by atoms with E-state index in [2.05, 4.69) is 53.6 Å². The van der Waals surface area contributed by atoms with Crippen LogP contribution in [0.5, 0.6) is 17.2 Å². The van der Waals surface area contributed by atoms with E-state index in [0.717, 1.165) is 22.9 Å². The first kappa shape index (κ1) is 23.4. The van der Waals surface area contributed by atoms with Crippen LogP contribution < -0.4 is 14.8 Å². The maximum atomic E-state index is 10.7. The Hall–Kier alpha value is -4.33. The number of hydrogen-bond acceptors (Lipinski definition) is 5. The summed E-state index contributed by atoms with van der Waals surface area (Å²) in [7, 11) is 0. The molecule has 36 heavy (non-hydrogen) atoms. The van der Waals surface area contributed by atoms with Gasteiger partial charge in [-0.2, -0.15) is 15.0 Å². The molecule has 1 aliphatic carbocycles. The molecule has 1 saturated carbocycles. The van der Waals surface area contributed by atoms with Gasteiger partial charge in [-0.3, -0.25) is 0 Å². The number of benzene rings is 3. The van der Waals surface area contributed by atoms with Crippen LogP contribution in [0.15, 0.2) is 85.2 Å². The van der Waals surface area contributed by atoms with Gasteiger partial charge in [-0.05, 0) is 59.7 Å². The molecule has 184 valence electrons. The minimum absolute atomic E-state index is 0.0172. The van der Waals surface area contributed by atoms with Crippen LogP contribution in [0.2, 0.25) is 0 Å². The minimum atomic E-state index is -0.984. The molecule has 0 atom stereocenters. The summed E-state index contributed by atoms with van der Waals surface area (Å²) in [5.41, 5.74) is 3.01. The van der Waals surface area contributed by atoms with Gasteiger partial charge < -0.3 is 19.9 Å². The van der Waals surface area contributed by atoms with Crippen molar-refractivity contribution in [3.8, 4) is 22.9 Å². The highest BCUT2D eigenvalue weighted by Gasteiger charge is 2.32. The number of nitrogens with zero attached hydrogens (tertiary/aromatic N) is 3. The summed E-state index contributed by atoms with van der Waals surface area (Å²) in [6.45, 7) is 4.38. The number of hydrogen-bond donors (Lipinski definition) is 2. The zero-order valence-corrected chi connectivity index (χ0v) is 20.2. The van der Waals surface area contributed by atoms with Gasteiger partial charge in [0.05, 0.1) is 18.1 Å². The highest BCUT2D eigenvalue weighted by Crippen LogP contribution is 2.35. The second-order valence-electron chi connectivity index (χ2n) is 9.45. The Labute approximate surface area is 209 Å². The van der Waals surface area contributed by atoms with Crippen molar-refractivity contribution in [2.24, 2.45) is 0 Å². The number of carbonyl (C=O) groups is 1. The zero-order valence-electron chi connectivity index (χ0n) is 20.2. The van der Waals surface area contributed by atoms with Crippen LogP contribution in [0.25, 0.3) is 5.69 Å². The first-order valence-corrected chi connectivity index (χ1v) is 11.9. The highest BCUT2D eigenvalue weighted by molar-refractivity contribution is 5.65. The summed E-state index contributed by atoms with van der Waals surface area (Å²) in [4.78, 5) is 12.3. The lowest BCUT2D eigenvalue weighted by Gasteiger charge is -2.35. The van der Waals surface area contributed by atoms with E-state index in [-0.39, 0.29) is 17.6 Å². The van der Waals surface area contributed by atoms with E-state index in [0.29, 0.717) is 12.8 Å². The molecule has 4 aromatic rings. The SMILES string of the molecule is CC(C)(c1ccc(Oc2ccc(-n3nccn3)cc2)cc1)c1ccc(O[C@H]2C[C@H](NC(=O)O)C2)cc1. The Balaban J connectivity index is 1.19. The molecule has 0 aliphatic heterocycles. The van der Waals surface area contributed by atoms with Crippen LogP contribution in [0.1, 0.15) is 37.8 Å². The maximum absolute atomic E-state index is 10.7. The third-order valence-corrected chi connectivity index (χ3v) is 6.60. The molecule has 0 unspecified atom stereocenters. The molecule has 1 aromatic heterocycles. The summed E-state index contributed by atoms with van der Waals surface area (Å²) < 4.78 is 12.0. The number of nitrogens with one attached hydrogen (secondary N) is 1. The molecule has 1 heterocycles. The van der Waals surface area contributed by atoms with Gasteiger partial charge in [-0.15, -0.1) is 0 Å². The van der Waals surface area contributed by atoms with Crippen LogP contribution in [0.3, 0.4) is 0 Å². The van der Waals surface area contributed by atoms with Crippen molar-refractivity contribution >= 4 is 6.09 Å². The van der Waals surface area contributed by atoms with E-state index in [4.69, 9.17) is 14.6 Å². The third-order valence-electron chi connectivity index (χ3n) is 6.60. The Bertz CT molecular complexity index is 1300. The van der Waals surface area contributed by atoms with Gasteiger partial charge in [0.2, 0.25) is 0 Å². The Morgan fingerprint density at radius 1 is 0.861 bits per heavy atom.